The fraction of sp³-hybridized carbons (Fsp3) is 0.176. The molecule has 2 aromatic rings. The second-order valence-corrected chi connectivity index (χ2v) is 5.67. The number of carbonyl (C=O) groups excluding carboxylic acids is 3. The third kappa shape index (κ3) is 3.72. The molecule has 1 aromatic carbocycles. The van der Waals surface area contributed by atoms with Gasteiger partial charge in [0.05, 0.1) is 18.3 Å². The lowest BCUT2D eigenvalue weighted by molar-refractivity contribution is -0.134. The first-order valence-corrected chi connectivity index (χ1v) is 7.74. The zero-order valence-electron chi connectivity index (χ0n) is 13.4. The quantitative estimate of drug-likeness (QED) is 0.695. The van der Waals surface area contributed by atoms with E-state index in [-0.39, 0.29) is 23.2 Å². The minimum atomic E-state index is -1.23. The third-order valence-corrected chi connectivity index (χ3v) is 3.91. The molecule has 0 aliphatic carbocycles. The van der Waals surface area contributed by atoms with E-state index in [1.165, 1.54) is 0 Å². The zero-order chi connectivity index (χ0) is 18.7. The first-order chi connectivity index (χ1) is 12.4. The summed E-state index contributed by atoms with van der Waals surface area (Å²) in [6, 6.07) is 6.68. The van der Waals surface area contributed by atoms with Crippen molar-refractivity contribution >= 4 is 29.4 Å². The maximum Gasteiger partial charge on any atom is 0.356 e. The van der Waals surface area contributed by atoms with Crippen molar-refractivity contribution in [2.45, 2.75) is 18.8 Å². The lowest BCUT2D eigenvalue weighted by Crippen LogP contribution is -2.39. The average molecular weight is 354 g/mol. The molecule has 9 heteroatoms. The summed E-state index contributed by atoms with van der Waals surface area (Å²) in [5.41, 5.74) is 0.952. The summed E-state index contributed by atoms with van der Waals surface area (Å²) in [6.07, 6.45) is 2.82. The number of rotatable bonds is 4. The first-order valence-electron chi connectivity index (χ1n) is 7.74. The molecule has 1 aliphatic heterocycles. The van der Waals surface area contributed by atoms with Gasteiger partial charge < -0.3 is 10.4 Å². The Hall–Kier alpha value is -3.62. The van der Waals surface area contributed by atoms with Crippen LogP contribution < -0.4 is 10.6 Å². The summed E-state index contributed by atoms with van der Waals surface area (Å²) in [5, 5.41) is 13.7. The van der Waals surface area contributed by atoms with Crippen molar-refractivity contribution in [1.29, 1.82) is 0 Å². The number of anilines is 1. The van der Waals surface area contributed by atoms with Crippen molar-refractivity contribution < 1.29 is 24.3 Å². The Morgan fingerprint density at radius 1 is 1.08 bits per heavy atom. The van der Waals surface area contributed by atoms with E-state index >= 15 is 0 Å². The zero-order valence-corrected chi connectivity index (χ0v) is 13.4. The van der Waals surface area contributed by atoms with Crippen LogP contribution in [0, 0.1) is 0 Å². The van der Waals surface area contributed by atoms with Crippen LogP contribution in [-0.4, -0.2) is 38.8 Å². The number of benzene rings is 1. The molecule has 0 saturated carbocycles. The van der Waals surface area contributed by atoms with Gasteiger partial charge in [-0.3, -0.25) is 19.7 Å². The number of hydrogen-bond acceptors (Lipinski definition) is 6. The van der Waals surface area contributed by atoms with Gasteiger partial charge in [0.15, 0.2) is 5.69 Å². The van der Waals surface area contributed by atoms with Gasteiger partial charge in [-0.05, 0) is 24.1 Å². The summed E-state index contributed by atoms with van der Waals surface area (Å²) >= 11 is 0. The van der Waals surface area contributed by atoms with Gasteiger partial charge in [-0.2, -0.15) is 0 Å². The average Bonchev–Trinajstić information content (AvgIpc) is 2.63. The summed E-state index contributed by atoms with van der Waals surface area (Å²) in [4.78, 5) is 53.3. The largest absolute Gasteiger partial charge is 0.476 e. The number of nitrogens with one attached hydrogen (secondary N) is 2. The molecule has 3 N–H and O–H groups in total. The molecule has 0 bridgehead atoms. The fourth-order valence-corrected chi connectivity index (χ4v) is 2.56. The van der Waals surface area contributed by atoms with Gasteiger partial charge in [0, 0.05) is 12.1 Å². The predicted octanol–water partition coefficient (Wildman–Crippen LogP) is 0.947. The van der Waals surface area contributed by atoms with Crippen LogP contribution in [0.4, 0.5) is 5.69 Å². The summed E-state index contributed by atoms with van der Waals surface area (Å²) < 4.78 is 0. The molecule has 3 amide bonds. The lowest BCUT2D eigenvalue weighted by atomic mass is 9.90. The molecule has 1 fully saturated rings. The van der Waals surface area contributed by atoms with Gasteiger partial charge in [-0.25, -0.2) is 14.8 Å². The predicted molar refractivity (Wildman–Crippen MR) is 88.5 cm³/mol. The fourth-order valence-electron chi connectivity index (χ4n) is 2.56. The van der Waals surface area contributed by atoms with Crippen molar-refractivity contribution in [3.63, 3.8) is 0 Å². The SMILES string of the molecule is O=C1CCC(c2ccc(NC(=O)c3cnc(C(=O)O)cn3)cc2)C(=O)N1. The Kier molecular flexibility index (Phi) is 4.70. The van der Waals surface area contributed by atoms with Crippen LogP contribution >= 0.6 is 0 Å². The molecule has 1 aromatic heterocycles. The van der Waals surface area contributed by atoms with Crippen LogP contribution in [0.5, 0.6) is 0 Å². The lowest BCUT2D eigenvalue weighted by Gasteiger charge is -2.21. The van der Waals surface area contributed by atoms with E-state index in [9.17, 15) is 19.2 Å². The van der Waals surface area contributed by atoms with Crippen molar-refractivity contribution in [3.8, 4) is 0 Å². The van der Waals surface area contributed by atoms with Crippen LogP contribution in [0.25, 0.3) is 0 Å². The van der Waals surface area contributed by atoms with Crippen molar-refractivity contribution in [2.24, 2.45) is 0 Å². The maximum atomic E-state index is 12.1. The van der Waals surface area contributed by atoms with Crippen LogP contribution in [0.15, 0.2) is 36.7 Å². The van der Waals surface area contributed by atoms with E-state index < -0.39 is 17.8 Å². The summed E-state index contributed by atoms with van der Waals surface area (Å²) in [5.74, 6) is -2.76. The van der Waals surface area contributed by atoms with E-state index in [1.54, 1.807) is 24.3 Å². The molecule has 3 rings (SSSR count). The molecule has 1 unspecified atom stereocenters. The molecule has 2 heterocycles. The highest BCUT2D eigenvalue weighted by Crippen LogP contribution is 2.25. The molecular formula is C17H14N4O5. The Labute approximate surface area is 147 Å². The Balaban J connectivity index is 1.67. The Morgan fingerprint density at radius 2 is 1.73 bits per heavy atom. The number of nitrogens with zero attached hydrogens (tertiary/aromatic N) is 2. The van der Waals surface area contributed by atoms with Gasteiger partial charge in [0.2, 0.25) is 11.8 Å². The highest BCUT2D eigenvalue weighted by atomic mass is 16.4. The molecule has 0 spiro atoms. The molecular weight excluding hydrogens is 340 g/mol. The van der Waals surface area contributed by atoms with Gasteiger partial charge in [0.25, 0.3) is 5.91 Å². The maximum absolute atomic E-state index is 12.1. The number of carboxylic acid groups (broad SMARTS) is 1. The minimum absolute atomic E-state index is 0.0238. The monoisotopic (exact) mass is 354 g/mol. The van der Waals surface area contributed by atoms with Crippen LogP contribution in [0.3, 0.4) is 0 Å². The number of amides is 3. The molecule has 0 radical (unpaired) electrons. The van der Waals surface area contributed by atoms with Gasteiger partial charge in [-0.15, -0.1) is 0 Å². The highest BCUT2D eigenvalue weighted by molar-refractivity contribution is 6.03. The summed E-state index contributed by atoms with van der Waals surface area (Å²) in [7, 11) is 0. The van der Waals surface area contributed by atoms with Crippen LogP contribution in [0.2, 0.25) is 0 Å². The van der Waals surface area contributed by atoms with Crippen molar-refractivity contribution in [3.05, 3.63) is 53.6 Å². The second kappa shape index (κ2) is 7.09. The number of carbonyl (C=O) groups is 4. The summed E-state index contributed by atoms with van der Waals surface area (Å²) in [6.45, 7) is 0. The second-order valence-electron chi connectivity index (χ2n) is 5.67. The standard InChI is InChI=1S/C17H14N4O5/c22-14-6-5-11(15(23)21-14)9-1-3-10(4-2-9)20-16(24)12-7-19-13(8-18-12)17(25)26/h1-4,7-8,11H,5-6H2,(H,20,24)(H,25,26)(H,21,22,23). The Bertz CT molecular complexity index is 877. The normalized spacial score (nSPS) is 16.7. The van der Waals surface area contributed by atoms with Crippen molar-refractivity contribution in [1.82, 2.24) is 15.3 Å². The molecule has 9 nitrogen and oxygen atoms in total. The highest BCUT2D eigenvalue weighted by Gasteiger charge is 2.27. The molecule has 1 saturated heterocycles. The Morgan fingerprint density at radius 3 is 2.31 bits per heavy atom. The number of aromatic carboxylic acids is 1. The van der Waals surface area contributed by atoms with Gasteiger partial charge >= 0.3 is 5.97 Å². The first kappa shape index (κ1) is 17.2. The van der Waals surface area contributed by atoms with E-state index in [2.05, 4.69) is 20.6 Å². The molecule has 1 aliphatic rings. The third-order valence-electron chi connectivity index (χ3n) is 3.91. The minimum Gasteiger partial charge on any atom is -0.476 e. The number of carboxylic acids is 1. The molecule has 132 valence electrons. The van der Waals surface area contributed by atoms with E-state index in [0.717, 1.165) is 18.0 Å². The van der Waals surface area contributed by atoms with Crippen LogP contribution in [0.1, 0.15) is 45.3 Å². The van der Waals surface area contributed by atoms with Gasteiger partial charge in [-0.1, -0.05) is 12.1 Å². The number of imide groups is 1. The number of piperidine rings is 1. The molecule has 26 heavy (non-hydrogen) atoms. The van der Waals surface area contributed by atoms with E-state index in [0.29, 0.717) is 18.5 Å². The topological polar surface area (TPSA) is 138 Å². The van der Waals surface area contributed by atoms with Crippen LogP contribution in [-0.2, 0) is 9.59 Å². The van der Waals surface area contributed by atoms with E-state index in [4.69, 9.17) is 5.11 Å². The molecule has 1 atom stereocenters. The number of aromatic nitrogens is 2. The van der Waals surface area contributed by atoms with E-state index in [1.807, 2.05) is 0 Å². The van der Waals surface area contributed by atoms with Gasteiger partial charge in [0.1, 0.15) is 5.69 Å². The number of hydrogen-bond donors (Lipinski definition) is 3. The van der Waals surface area contributed by atoms with Crippen molar-refractivity contribution in [2.75, 3.05) is 5.32 Å². The smallest absolute Gasteiger partial charge is 0.356 e.